The van der Waals surface area contributed by atoms with Gasteiger partial charge >= 0.3 is 0 Å². The first-order chi connectivity index (χ1) is 9.78. The van der Waals surface area contributed by atoms with Crippen molar-refractivity contribution in [1.82, 2.24) is 9.55 Å². The molecule has 1 aliphatic rings. The molecule has 1 heterocycles. The fourth-order valence-electron chi connectivity index (χ4n) is 3.58. The number of aromatic nitrogens is 2. The topological polar surface area (TPSA) is 17.8 Å². The highest BCUT2D eigenvalue weighted by molar-refractivity contribution is 7.80. The standard InChI is InChI=1S/C17H24N2S/c1-2-16-18-14-8-4-5-9-15(14)19(16)12-17(13-20)10-6-3-7-11-17/h4-5,8-9,20H,2-3,6-7,10-13H2,1H3. The Bertz CT molecular complexity index is 582. The first-order valence-corrected chi connectivity index (χ1v) is 8.46. The van der Waals surface area contributed by atoms with E-state index >= 15 is 0 Å². The summed E-state index contributed by atoms with van der Waals surface area (Å²) in [4.78, 5) is 4.80. The van der Waals surface area contributed by atoms with Crippen molar-refractivity contribution in [1.29, 1.82) is 0 Å². The lowest BCUT2D eigenvalue weighted by Crippen LogP contribution is -2.32. The van der Waals surface area contributed by atoms with Crippen LogP contribution in [0.5, 0.6) is 0 Å². The molecule has 1 aromatic carbocycles. The quantitative estimate of drug-likeness (QED) is 0.821. The number of hydrogen-bond acceptors (Lipinski definition) is 2. The van der Waals surface area contributed by atoms with E-state index in [1.807, 2.05) is 0 Å². The van der Waals surface area contributed by atoms with Gasteiger partial charge in [0.1, 0.15) is 5.82 Å². The van der Waals surface area contributed by atoms with Crippen LogP contribution in [0.4, 0.5) is 0 Å². The zero-order chi connectivity index (χ0) is 14.0. The van der Waals surface area contributed by atoms with Crippen molar-refractivity contribution in [2.75, 3.05) is 5.75 Å². The maximum atomic E-state index is 4.80. The van der Waals surface area contributed by atoms with Gasteiger partial charge in [0.15, 0.2) is 0 Å². The average Bonchev–Trinajstić information content (AvgIpc) is 2.86. The van der Waals surface area contributed by atoms with Gasteiger partial charge in [-0.1, -0.05) is 38.3 Å². The summed E-state index contributed by atoms with van der Waals surface area (Å²) in [5.41, 5.74) is 2.79. The van der Waals surface area contributed by atoms with Crippen molar-refractivity contribution in [3.8, 4) is 0 Å². The molecular formula is C17H24N2S. The Morgan fingerprint density at radius 3 is 2.65 bits per heavy atom. The van der Waals surface area contributed by atoms with Crippen molar-refractivity contribution in [3.05, 3.63) is 30.1 Å². The van der Waals surface area contributed by atoms with Gasteiger partial charge in [-0.3, -0.25) is 0 Å². The molecule has 0 spiro atoms. The predicted octanol–water partition coefficient (Wildman–Crippen LogP) is 4.48. The second-order valence-electron chi connectivity index (χ2n) is 6.18. The summed E-state index contributed by atoms with van der Waals surface area (Å²) in [5, 5.41) is 0. The van der Waals surface area contributed by atoms with Gasteiger partial charge in [0.25, 0.3) is 0 Å². The number of aryl methyl sites for hydroxylation is 1. The molecule has 0 unspecified atom stereocenters. The molecule has 0 atom stereocenters. The Kier molecular flexibility index (Phi) is 4.06. The third kappa shape index (κ3) is 2.48. The summed E-state index contributed by atoms with van der Waals surface area (Å²) in [5.74, 6) is 2.21. The predicted molar refractivity (Wildman–Crippen MR) is 88.5 cm³/mol. The molecule has 1 fully saturated rings. The summed E-state index contributed by atoms with van der Waals surface area (Å²) in [6, 6.07) is 8.53. The van der Waals surface area contributed by atoms with Gasteiger partial charge in [-0.2, -0.15) is 12.6 Å². The molecule has 0 amide bonds. The molecule has 0 radical (unpaired) electrons. The number of hydrogen-bond donors (Lipinski definition) is 1. The number of para-hydroxylation sites is 2. The SMILES string of the molecule is CCc1nc2ccccc2n1CC1(CS)CCCCC1. The molecular weight excluding hydrogens is 264 g/mol. The molecule has 20 heavy (non-hydrogen) atoms. The molecule has 2 nitrogen and oxygen atoms in total. The van der Waals surface area contributed by atoms with Crippen LogP contribution >= 0.6 is 12.6 Å². The maximum absolute atomic E-state index is 4.80. The van der Waals surface area contributed by atoms with Crippen LogP contribution in [0.1, 0.15) is 44.9 Å². The van der Waals surface area contributed by atoms with Crippen molar-refractivity contribution in [3.63, 3.8) is 0 Å². The van der Waals surface area contributed by atoms with Crippen molar-refractivity contribution in [2.24, 2.45) is 5.41 Å². The van der Waals surface area contributed by atoms with Crippen LogP contribution in [0.3, 0.4) is 0 Å². The zero-order valence-corrected chi connectivity index (χ0v) is 13.2. The number of imidazole rings is 1. The second-order valence-corrected chi connectivity index (χ2v) is 6.49. The third-order valence-corrected chi connectivity index (χ3v) is 5.46. The Morgan fingerprint density at radius 1 is 1.20 bits per heavy atom. The van der Waals surface area contributed by atoms with Gasteiger partial charge in [-0.05, 0) is 36.1 Å². The van der Waals surface area contributed by atoms with Gasteiger partial charge in [0.2, 0.25) is 0 Å². The average molecular weight is 288 g/mol. The van der Waals surface area contributed by atoms with Gasteiger partial charge in [0.05, 0.1) is 11.0 Å². The number of thiol groups is 1. The minimum Gasteiger partial charge on any atom is -0.327 e. The molecule has 3 rings (SSSR count). The highest BCUT2D eigenvalue weighted by atomic mass is 32.1. The molecule has 0 N–H and O–H groups in total. The largest absolute Gasteiger partial charge is 0.327 e. The van der Waals surface area contributed by atoms with E-state index in [1.165, 1.54) is 43.4 Å². The van der Waals surface area contributed by atoms with Crippen molar-refractivity contribution < 1.29 is 0 Å². The van der Waals surface area contributed by atoms with E-state index in [1.54, 1.807) is 0 Å². The van der Waals surface area contributed by atoms with Crippen LogP contribution in [-0.4, -0.2) is 15.3 Å². The molecule has 0 bridgehead atoms. The molecule has 1 aliphatic carbocycles. The lowest BCUT2D eigenvalue weighted by Gasteiger charge is -2.37. The molecule has 1 saturated carbocycles. The lowest BCUT2D eigenvalue weighted by molar-refractivity contribution is 0.190. The Balaban J connectivity index is 2.00. The lowest BCUT2D eigenvalue weighted by atomic mass is 9.75. The first-order valence-electron chi connectivity index (χ1n) is 7.83. The van der Waals surface area contributed by atoms with Crippen LogP contribution in [0.2, 0.25) is 0 Å². The Hall–Kier alpha value is -0.960. The second kappa shape index (κ2) is 5.80. The molecule has 1 aromatic heterocycles. The smallest absolute Gasteiger partial charge is 0.109 e. The normalized spacial score (nSPS) is 18.5. The van der Waals surface area contributed by atoms with Crippen LogP contribution in [0.25, 0.3) is 11.0 Å². The maximum Gasteiger partial charge on any atom is 0.109 e. The van der Waals surface area contributed by atoms with Crippen LogP contribution in [-0.2, 0) is 13.0 Å². The van der Waals surface area contributed by atoms with E-state index < -0.39 is 0 Å². The van der Waals surface area contributed by atoms with Crippen molar-refractivity contribution in [2.45, 2.75) is 52.0 Å². The minimum absolute atomic E-state index is 0.370. The number of rotatable bonds is 4. The fraction of sp³-hybridized carbons (Fsp3) is 0.588. The molecule has 3 heteroatoms. The Morgan fingerprint density at radius 2 is 1.95 bits per heavy atom. The fourth-order valence-corrected chi connectivity index (χ4v) is 3.99. The van der Waals surface area contributed by atoms with Crippen LogP contribution in [0.15, 0.2) is 24.3 Å². The Labute approximate surface area is 127 Å². The number of fused-ring (bicyclic) bond motifs is 1. The highest BCUT2D eigenvalue weighted by Crippen LogP contribution is 2.39. The van der Waals surface area contributed by atoms with E-state index in [9.17, 15) is 0 Å². The minimum atomic E-state index is 0.370. The molecule has 2 aromatic rings. The summed E-state index contributed by atoms with van der Waals surface area (Å²) < 4.78 is 2.46. The van der Waals surface area contributed by atoms with Crippen LogP contribution in [0, 0.1) is 5.41 Å². The van der Waals surface area contributed by atoms with Gasteiger partial charge in [-0.15, -0.1) is 0 Å². The van der Waals surface area contributed by atoms with E-state index in [0.29, 0.717) is 5.41 Å². The molecule has 0 saturated heterocycles. The first kappa shape index (κ1) is 14.0. The summed E-state index contributed by atoms with van der Waals surface area (Å²) in [7, 11) is 0. The van der Waals surface area contributed by atoms with Gasteiger partial charge in [-0.25, -0.2) is 4.98 Å². The number of benzene rings is 1. The summed E-state index contributed by atoms with van der Waals surface area (Å²) in [6.07, 6.45) is 7.72. The molecule has 0 aliphatic heterocycles. The van der Waals surface area contributed by atoms with E-state index in [-0.39, 0.29) is 0 Å². The monoisotopic (exact) mass is 288 g/mol. The third-order valence-electron chi connectivity index (χ3n) is 4.79. The number of nitrogens with zero attached hydrogens (tertiary/aromatic N) is 2. The van der Waals surface area contributed by atoms with Crippen molar-refractivity contribution >= 4 is 23.7 Å². The van der Waals surface area contributed by atoms with E-state index in [0.717, 1.165) is 24.2 Å². The zero-order valence-electron chi connectivity index (χ0n) is 12.3. The summed E-state index contributed by atoms with van der Waals surface area (Å²) >= 11 is 4.68. The van der Waals surface area contributed by atoms with Crippen LogP contribution < -0.4 is 0 Å². The van der Waals surface area contributed by atoms with Gasteiger partial charge in [0, 0.05) is 13.0 Å². The van der Waals surface area contributed by atoms with E-state index in [2.05, 4.69) is 48.4 Å². The van der Waals surface area contributed by atoms with E-state index in [4.69, 9.17) is 4.98 Å². The van der Waals surface area contributed by atoms with Gasteiger partial charge < -0.3 is 4.57 Å². The highest BCUT2D eigenvalue weighted by Gasteiger charge is 2.32. The summed E-state index contributed by atoms with van der Waals surface area (Å²) in [6.45, 7) is 3.28. The molecule has 108 valence electrons.